The van der Waals surface area contributed by atoms with Crippen molar-refractivity contribution in [2.45, 2.75) is 58.6 Å². The summed E-state index contributed by atoms with van der Waals surface area (Å²) in [6, 6.07) is 5.81. The van der Waals surface area contributed by atoms with Gasteiger partial charge in [0, 0.05) is 19.4 Å². The Kier molecular flexibility index (Phi) is 5.18. The van der Waals surface area contributed by atoms with Gasteiger partial charge in [0.15, 0.2) is 0 Å². The average Bonchev–Trinajstić information content (AvgIpc) is 3.12. The molecule has 1 fully saturated rings. The molecule has 2 atom stereocenters. The molecule has 2 amide bonds. The highest BCUT2D eigenvalue weighted by Gasteiger charge is 2.29. The number of amides is 2. The van der Waals surface area contributed by atoms with Gasteiger partial charge < -0.3 is 10.1 Å². The lowest BCUT2D eigenvalue weighted by Gasteiger charge is -2.26. The van der Waals surface area contributed by atoms with Gasteiger partial charge in [0.05, 0.1) is 17.8 Å². The van der Waals surface area contributed by atoms with E-state index in [0.717, 1.165) is 36.3 Å². The first-order chi connectivity index (χ1) is 12.0. The number of carbonyl (C=O) groups is 2. The van der Waals surface area contributed by atoms with Gasteiger partial charge in [-0.1, -0.05) is 12.1 Å². The fraction of sp³-hybridized carbons (Fsp3) is 0.526. The monoisotopic (exact) mass is 343 g/mol. The van der Waals surface area contributed by atoms with Crippen LogP contribution in [0.3, 0.4) is 0 Å². The van der Waals surface area contributed by atoms with E-state index in [1.807, 2.05) is 39.0 Å². The summed E-state index contributed by atoms with van der Waals surface area (Å²) in [5.74, 6) is -0.303. The number of nitrogens with one attached hydrogen (secondary N) is 1. The van der Waals surface area contributed by atoms with E-state index >= 15 is 0 Å². The molecule has 2 aliphatic rings. The van der Waals surface area contributed by atoms with Gasteiger partial charge >= 0.3 is 0 Å². The number of ether oxygens (including phenoxy) is 1. The van der Waals surface area contributed by atoms with Gasteiger partial charge in [-0.3, -0.25) is 9.59 Å². The molecule has 0 radical (unpaired) electrons. The van der Waals surface area contributed by atoms with Crippen molar-refractivity contribution < 1.29 is 14.3 Å². The number of benzene rings is 1. The average molecular weight is 343 g/mol. The second kappa shape index (κ2) is 7.35. The van der Waals surface area contributed by atoms with Gasteiger partial charge in [-0.25, -0.2) is 5.01 Å². The quantitative estimate of drug-likeness (QED) is 0.913. The summed E-state index contributed by atoms with van der Waals surface area (Å²) in [6.07, 6.45) is 2.70. The fourth-order valence-corrected chi connectivity index (χ4v) is 3.23. The van der Waals surface area contributed by atoms with E-state index in [0.29, 0.717) is 12.1 Å². The Morgan fingerprint density at radius 2 is 2.16 bits per heavy atom. The van der Waals surface area contributed by atoms with Crippen LogP contribution in [0.5, 0.6) is 0 Å². The molecule has 3 rings (SSSR count). The molecule has 1 aromatic carbocycles. The summed E-state index contributed by atoms with van der Waals surface area (Å²) in [6.45, 7) is 6.61. The second-order valence-electron chi connectivity index (χ2n) is 6.86. The zero-order chi connectivity index (χ0) is 18.0. The van der Waals surface area contributed by atoms with Crippen LogP contribution in [0, 0.1) is 13.8 Å². The summed E-state index contributed by atoms with van der Waals surface area (Å²) in [5.41, 5.74) is 3.14. The molecule has 1 N–H and O–H groups in total. The van der Waals surface area contributed by atoms with Crippen molar-refractivity contribution in [3.8, 4) is 0 Å². The highest BCUT2D eigenvalue weighted by molar-refractivity contribution is 6.40. The highest BCUT2D eigenvalue weighted by atomic mass is 16.5. The van der Waals surface area contributed by atoms with E-state index in [-0.39, 0.29) is 30.4 Å². The lowest BCUT2D eigenvalue weighted by Crippen LogP contribution is -2.46. The second-order valence-corrected chi connectivity index (χ2v) is 6.86. The molecule has 0 bridgehead atoms. The zero-order valence-electron chi connectivity index (χ0n) is 15.0. The Morgan fingerprint density at radius 1 is 1.36 bits per heavy atom. The third kappa shape index (κ3) is 3.90. The lowest BCUT2D eigenvalue weighted by atomic mass is 10.1. The van der Waals surface area contributed by atoms with Gasteiger partial charge in [-0.2, -0.15) is 5.10 Å². The van der Waals surface area contributed by atoms with E-state index in [1.165, 1.54) is 5.01 Å². The predicted molar refractivity (Wildman–Crippen MR) is 96.6 cm³/mol. The largest absolute Gasteiger partial charge is 0.376 e. The van der Waals surface area contributed by atoms with Crippen LogP contribution >= 0.6 is 0 Å². The maximum atomic E-state index is 12.6. The molecule has 1 aromatic rings. The molecule has 0 unspecified atom stereocenters. The first kappa shape index (κ1) is 17.6. The molecular formula is C19H25N3O3. The minimum atomic E-state index is -0.217. The van der Waals surface area contributed by atoms with Gasteiger partial charge in [-0.15, -0.1) is 0 Å². The van der Waals surface area contributed by atoms with Crippen molar-refractivity contribution in [2.75, 3.05) is 11.6 Å². The van der Waals surface area contributed by atoms with Crippen LogP contribution < -0.4 is 10.3 Å². The Bertz CT molecular complexity index is 708. The number of nitrogens with zero attached hydrogens (tertiary/aromatic N) is 2. The van der Waals surface area contributed by atoms with E-state index in [9.17, 15) is 9.59 Å². The maximum Gasteiger partial charge on any atom is 0.267 e. The Hall–Kier alpha value is -2.21. The number of aryl methyl sites for hydroxylation is 2. The molecule has 25 heavy (non-hydrogen) atoms. The predicted octanol–water partition coefficient (Wildman–Crippen LogP) is 2.47. The summed E-state index contributed by atoms with van der Waals surface area (Å²) >= 11 is 0. The molecule has 0 saturated carbocycles. The van der Waals surface area contributed by atoms with E-state index in [4.69, 9.17) is 4.74 Å². The Labute approximate surface area is 148 Å². The highest BCUT2D eigenvalue weighted by Crippen LogP contribution is 2.25. The maximum absolute atomic E-state index is 12.6. The zero-order valence-corrected chi connectivity index (χ0v) is 15.0. The number of hydrogen-bond acceptors (Lipinski definition) is 4. The van der Waals surface area contributed by atoms with Crippen molar-refractivity contribution in [2.24, 2.45) is 5.10 Å². The van der Waals surface area contributed by atoms with Crippen molar-refractivity contribution in [3.05, 3.63) is 29.3 Å². The van der Waals surface area contributed by atoms with Gasteiger partial charge in [0.1, 0.15) is 5.71 Å². The SMILES string of the molecule is Cc1ccc(C)c(N2N=C(C(=O)N[C@@H](C)[C@H]3CCCO3)CCC2=O)c1. The normalized spacial score (nSPS) is 21.9. The molecule has 6 nitrogen and oxygen atoms in total. The first-order valence-electron chi connectivity index (χ1n) is 8.86. The Balaban J connectivity index is 1.78. The number of hydrogen-bond donors (Lipinski definition) is 1. The molecule has 0 aliphatic carbocycles. The summed E-state index contributed by atoms with van der Waals surface area (Å²) in [5, 5.41) is 8.71. The molecule has 1 saturated heterocycles. The van der Waals surface area contributed by atoms with Crippen LogP contribution in [-0.2, 0) is 14.3 Å². The number of carbonyl (C=O) groups excluding carboxylic acids is 2. The van der Waals surface area contributed by atoms with Gasteiger partial charge in [0.25, 0.3) is 5.91 Å². The number of rotatable bonds is 4. The van der Waals surface area contributed by atoms with Crippen LogP contribution in [-0.4, -0.2) is 36.3 Å². The molecule has 0 aromatic heterocycles. The van der Waals surface area contributed by atoms with Gasteiger partial charge in [0.2, 0.25) is 5.91 Å². The van der Waals surface area contributed by atoms with Crippen molar-refractivity contribution in [1.29, 1.82) is 0 Å². The van der Waals surface area contributed by atoms with Crippen molar-refractivity contribution >= 4 is 23.2 Å². The smallest absolute Gasteiger partial charge is 0.267 e. The minimum Gasteiger partial charge on any atom is -0.376 e. The van der Waals surface area contributed by atoms with Crippen LogP contribution in [0.1, 0.15) is 43.7 Å². The van der Waals surface area contributed by atoms with Crippen LogP contribution in [0.25, 0.3) is 0 Å². The van der Waals surface area contributed by atoms with E-state index < -0.39 is 0 Å². The number of anilines is 1. The molecule has 2 heterocycles. The van der Waals surface area contributed by atoms with Crippen molar-refractivity contribution in [1.82, 2.24) is 5.32 Å². The lowest BCUT2D eigenvalue weighted by molar-refractivity contribution is -0.119. The van der Waals surface area contributed by atoms with Crippen LogP contribution in [0.4, 0.5) is 5.69 Å². The molecule has 6 heteroatoms. The standard InChI is InChI=1S/C19H25N3O3/c1-12-6-7-13(2)16(11-12)22-18(23)9-8-15(21-22)19(24)20-14(3)17-5-4-10-25-17/h6-7,11,14,17H,4-5,8-10H2,1-3H3,(H,20,24)/t14-,17+/m0/s1. The summed E-state index contributed by atoms with van der Waals surface area (Å²) in [4.78, 5) is 24.9. The molecule has 0 spiro atoms. The molecule has 134 valence electrons. The van der Waals surface area contributed by atoms with Crippen molar-refractivity contribution in [3.63, 3.8) is 0 Å². The number of hydrazone groups is 1. The summed E-state index contributed by atoms with van der Waals surface area (Å²) in [7, 11) is 0. The third-order valence-corrected chi connectivity index (χ3v) is 4.77. The fourth-order valence-electron chi connectivity index (χ4n) is 3.23. The first-order valence-corrected chi connectivity index (χ1v) is 8.86. The molecular weight excluding hydrogens is 318 g/mol. The van der Waals surface area contributed by atoms with Crippen LogP contribution in [0.15, 0.2) is 23.3 Å². The topological polar surface area (TPSA) is 71.0 Å². The summed E-state index contributed by atoms with van der Waals surface area (Å²) < 4.78 is 5.62. The van der Waals surface area contributed by atoms with Gasteiger partial charge in [-0.05, 0) is 50.8 Å². The minimum absolute atomic E-state index is 0.0601. The molecule has 2 aliphatic heterocycles. The third-order valence-electron chi connectivity index (χ3n) is 4.77. The van der Waals surface area contributed by atoms with E-state index in [1.54, 1.807) is 0 Å². The van der Waals surface area contributed by atoms with Crippen LogP contribution in [0.2, 0.25) is 0 Å². The van der Waals surface area contributed by atoms with E-state index in [2.05, 4.69) is 10.4 Å². The Morgan fingerprint density at radius 3 is 2.88 bits per heavy atom.